The number of hydrogen-bond donors (Lipinski definition) is 4. The highest BCUT2D eigenvalue weighted by Crippen LogP contribution is 2.45. The van der Waals surface area contributed by atoms with Crippen molar-refractivity contribution >= 4 is 57.4 Å². The van der Waals surface area contributed by atoms with E-state index in [4.69, 9.17) is 40.5 Å². The molecule has 0 radical (unpaired) electrons. The summed E-state index contributed by atoms with van der Waals surface area (Å²) in [5.41, 5.74) is 6.62. The van der Waals surface area contributed by atoms with Crippen LogP contribution in [0.4, 0.5) is 9.59 Å². The van der Waals surface area contributed by atoms with Gasteiger partial charge in [0.1, 0.15) is 36.1 Å². The molecule has 5 heterocycles. The number of fused-ring (bicyclic) bond motifs is 6. The average Bonchev–Trinajstić information content (AvgIpc) is 4.13. The molecule has 0 saturated carbocycles. The maximum atomic E-state index is 14.4. The van der Waals surface area contributed by atoms with E-state index in [0.717, 1.165) is 62.7 Å². The first-order chi connectivity index (χ1) is 31.9. The molecule has 2 fully saturated rings. The molecular formula is C49H53ClN8O8. The van der Waals surface area contributed by atoms with E-state index in [-0.39, 0.29) is 40.9 Å². The highest BCUT2D eigenvalue weighted by molar-refractivity contribution is 6.32. The van der Waals surface area contributed by atoms with Gasteiger partial charge < -0.3 is 49.3 Å². The first-order valence-corrected chi connectivity index (χ1v) is 22.6. The van der Waals surface area contributed by atoms with E-state index < -0.39 is 30.3 Å². The molecule has 4 aromatic carbocycles. The van der Waals surface area contributed by atoms with E-state index in [1.807, 2.05) is 74.2 Å². The highest BCUT2D eigenvalue weighted by Gasteiger charge is 2.43. The van der Waals surface area contributed by atoms with E-state index in [2.05, 4.69) is 32.7 Å². The molecule has 2 aromatic heterocycles. The number of carbonyl (C=O) groups excluding carboxylic acids is 4. The lowest BCUT2D eigenvalue weighted by molar-refractivity contribution is -0.137. The fourth-order valence-corrected chi connectivity index (χ4v) is 10.1. The summed E-state index contributed by atoms with van der Waals surface area (Å²) in [7, 11) is 4.19. The molecule has 2 saturated heterocycles. The highest BCUT2D eigenvalue weighted by atomic mass is 35.5. The minimum absolute atomic E-state index is 0.0206. The summed E-state index contributed by atoms with van der Waals surface area (Å²) in [6, 6.07) is 20.9. The number of nitrogens with one attached hydrogen (secondary N) is 4. The second-order valence-corrected chi connectivity index (χ2v) is 18.0. The van der Waals surface area contributed by atoms with Gasteiger partial charge >= 0.3 is 12.2 Å². The molecule has 17 heteroatoms. The molecule has 9 rings (SSSR count). The maximum Gasteiger partial charge on any atom is 0.407 e. The second-order valence-electron chi connectivity index (χ2n) is 17.7. The molecule has 66 heavy (non-hydrogen) atoms. The molecule has 3 aliphatic heterocycles. The van der Waals surface area contributed by atoms with Crippen molar-refractivity contribution in [1.29, 1.82) is 0 Å². The summed E-state index contributed by atoms with van der Waals surface area (Å²) in [5.74, 6) is 1.37. The molecule has 0 unspecified atom stereocenters. The zero-order valence-corrected chi connectivity index (χ0v) is 38.4. The van der Waals surface area contributed by atoms with Crippen molar-refractivity contribution in [3.8, 4) is 28.1 Å². The third-order valence-corrected chi connectivity index (χ3v) is 13.5. The number of aromatic nitrogens is 4. The summed E-state index contributed by atoms with van der Waals surface area (Å²) in [6.45, 7) is 6.98. The summed E-state index contributed by atoms with van der Waals surface area (Å²) in [5, 5.41) is 7.66. The minimum atomic E-state index is -0.984. The number of halogens is 1. The SMILES string of the molecule is COC[C@H]1C[C@@H](c2nc(Cl)c(-c3ccc4c(c3)COc3cc5c(ccc6nc([C@@H]7CC[C@H](C)N7C(=O)[C@@H](NC(=O)OC)C(C)C)[nH]c65)cc3-4)[nH]2)N(C(=O)[C@H](NC(=O)OC)c2ccccc2)C1. The van der Waals surface area contributed by atoms with Crippen LogP contribution in [0.1, 0.15) is 80.9 Å². The van der Waals surface area contributed by atoms with Gasteiger partial charge in [-0.05, 0) is 78.4 Å². The molecule has 16 nitrogen and oxygen atoms in total. The van der Waals surface area contributed by atoms with Crippen LogP contribution < -0.4 is 15.4 Å². The molecule has 6 aromatic rings. The van der Waals surface area contributed by atoms with Gasteiger partial charge in [-0.15, -0.1) is 0 Å². The van der Waals surface area contributed by atoms with Crippen LogP contribution in [0.3, 0.4) is 0 Å². The van der Waals surface area contributed by atoms with E-state index in [0.29, 0.717) is 49.1 Å². The van der Waals surface area contributed by atoms with E-state index in [1.165, 1.54) is 14.2 Å². The largest absolute Gasteiger partial charge is 0.488 e. The Labute approximate surface area is 386 Å². The Morgan fingerprint density at radius 1 is 0.864 bits per heavy atom. The number of rotatable bonds is 11. The Balaban J connectivity index is 0.990. The van der Waals surface area contributed by atoms with Gasteiger partial charge in [0.15, 0.2) is 5.15 Å². The van der Waals surface area contributed by atoms with Crippen LogP contribution in [0.2, 0.25) is 5.15 Å². The standard InChI is InChI=1S/C49H53ClN8O8/c1-25(2)39(54-48(61)64-5)47(60)58-26(3)12-17-36(58)44-51-35-16-14-29-20-34-32-15-13-30(19-31(32)24-66-38(34)21-33(29)42(35)53-44)40-43(50)56-45(52-40)37-18-27(23-63-4)22-57(37)46(59)41(55-49(62)65-6)28-10-8-7-9-11-28/h7-11,13-16,19-21,25-27,36-37,39,41H,12,17-18,22-24H2,1-6H3,(H,51,53)(H,52,56)(H,54,61)(H,55,62)/t26-,27-,36-,37-,39-,41+/m0/s1. The Kier molecular flexibility index (Phi) is 12.4. The van der Waals surface area contributed by atoms with Crippen molar-refractivity contribution in [2.45, 2.75) is 76.8 Å². The van der Waals surface area contributed by atoms with E-state index >= 15 is 0 Å². The van der Waals surface area contributed by atoms with Gasteiger partial charge in [0.2, 0.25) is 5.91 Å². The topological polar surface area (TPSA) is 193 Å². The lowest BCUT2D eigenvalue weighted by atomic mass is 9.92. The van der Waals surface area contributed by atoms with Crippen molar-refractivity contribution < 1.29 is 38.1 Å². The number of imidazole rings is 2. The molecule has 0 bridgehead atoms. The molecule has 6 atom stereocenters. The van der Waals surface area contributed by atoms with E-state index in [9.17, 15) is 19.2 Å². The molecule has 3 aliphatic rings. The van der Waals surface area contributed by atoms with Crippen molar-refractivity contribution in [2.24, 2.45) is 11.8 Å². The molecule has 0 aliphatic carbocycles. The molecular weight excluding hydrogens is 864 g/mol. The summed E-state index contributed by atoms with van der Waals surface area (Å²) >= 11 is 6.91. The lowest BCUT2D eigenvalue weighted by Gasteiger charge is -2.32. The number of aromatic amines is 2. The number of nitrogens with zero attached hydrogens (tertiary/aromatic N) is 4. The third-order valence-electron chi connectivity index (χ3n) is 13.2. The number of likely N-dealkylation sites (tertiary alicyclic amines) is 2. The van der Waals surface area contributed by atoms with Crippen LogP contribution in [0, 0.1) is 11.8 Å². The second kappa shape index (κ2) is 18.3. The van der Waals surface area contributed by atoms with E-state index in [1.54, 1.807) is 24.1 Å². The predicted octanol–water partition coefficient (Wildman–Crippen LogP) is 8.38. The normalized spacial score (nSPS) is 19.9. The fraction of sp³-hybridized carbons (Fsp3) is 0.388. The van der Waals surface area contributed by atoms with Crippen molar-refractivity contribution in [1.82, 2.24) is 40.4 Å². The molecule has 4 amide bonds. The summed E-state index contributed by atoms with van der Waals surface area (Å²) < 4.78 is 21.7. The minimum Gasteiger partial charge on any atom is -0.488 e. The first-order valence-electron chi connectivity index (χ1n) is 22.2. The van der Waals surface area contributed by atoms with Gasteiger partial charge in [-0.1, -0.05) is 74.0 Å². The van der Waals surface area contributed by atoms with Crippen LogP contribution in [-0.4, -0.2) is 100 Å². The summed E-state index contributed by atoms with van der Waals surface area (Å²) in [6.07, 6.45) is 0.748. The van der Waals surface area contributed by atoms with Gasteiger partial charge in [-0.3, -0.25) is 9.59 Å². The monoisotopic (exact) mass is 916 g/mol. The average molecular weight is 917 g/mol. The zero-order valence-electron chi connectivity index (χ0n) is 37.6. The smallest absolute Gasteiger partial charge is 0.407 e. The maximum absolute atomic E-state index is 14.4. The zero-order chi connectivity index (χ0) is 46.4. The van der Waals surface area contributed by atoms with Crippen LogP contribution in [0.5, 0.6) is 5.75 Å². The van der Waals surface area contributed by atoms with Gasteiger partial charge in [-0.2, -0.15) is 0 Å². The molecule has 4 N–H and O–H groups in total. The van der Waals surface area contributed by atoms with Crippen LogP contribution in [-0.2, 0) is 30.4 Å². The van der Waals surface area contributed by atoms with Gasteiger partial charge in [0.05, 0.1) is 49.6 Å². The fourth-order valence-electron chi connectivity index (χ4n) is 9.89. The molecule has 344 valence electrons. The van der Waals surface area contributed by atoms with Gasteiger partial charge in [0.25, 0.3) is 5.91 Å². The van der Waals surface area contributed by atoms with Crippen molar-refractivity contribution in [2.75, 3.05) is 34.5 Å². The number of ether oxygens (including phenoxy) is 4. The first kappa shape index (κ1) is 44.5. The Bertz CT molecular complexity index is 2830. The third kappa shape index (κ3) is 8.27. The van der Waals surface area contributed by atoms with Gasteiger partial charge in [0, 0.05) is 42.1 Å². The lowest BCUT2D eigenvalue weighted by Crippen LogP contribution is -2.52. The summed E-state index contributed by atoms with van der Waals surface area (Å²) in [4.78, 5) is 73.4. The van der Waals surface area contributed by atoms with Crippen molar-refractivity contribution in [3.05, 3.63) is 101 Å². The number of H-pyrrole nitrogens is 2. The number of benzene rings is 4. The Hall–Kier alpha value is -6.65. The number of alkyl carbamates (subject to hydrolysis) is 2. The number of methoxy groups -OCH3 is 3. The number of carbonyl (C=O) groups is 4. The Morgan fingerprint density at radius 3 is 2.36 bits per heavy atom. The van der Waals surface area contributed by atoms with Crippen LogP contribution in [0.15, 0.2) is 72.8 Å². The van der Waals surface area contributed by atoms with Crippen molar-refractivity contribution in [3.63, 3.8) is 0 Å². The number of amides is 4. The molecule has 0 spiro atoms. The predicted molar refractivity (Wildman–Crippen MR) is 248 cm³/mol. The quantitative estimate of drug-likeness (QED) is 0.0981. The Morgan fingerprint density at radius 2 is 1.62 bits per heavy atom. The van der Waals surface area contributed by atoms with Gasteiger partial charge in [-0.25, -0.2) is 19.6 Å². The van der Waals surface area contributed by atoms with Crippen LogP contribution in [0.25, 0.3) is 44.2 Å². The number of hydrogen-bond acceptors (Lipinski definition) is 10. The van der Waals surface area contributed by atoms with Crippen LogP contribution >= 0.6 is 11.6 Å².